The summed E-state index contributed by atoms with van der Waals surface area (Å²) in [5.41, 5.74) is -1.69. The van der Waals surface area contributed by atoms with E-state index >= 15 is 0 Å². The van der Waals surface area contributed by atoms with Crippen molar-refractivity contribution in [2.45, 2.75) is 31.2 Å². The highest BCUT2D eigenvalue weighted by atomic mass is 32.2. The fourth-order valence-corrected chi connectivity index (χ4v) is 3.09. The average molecular weight is 358 g/mol. The van der Waals surface area contributed by atoms with Crippen molar-refractivity contribution in [2.24, 2.45) is 7.05 Å². The molecule has 2 aromatic rings. The van der Waals surface area contributed by atoms with Gasteiger partial charge in [0.2, 0.25) is 0 Å². The van der Waals surface area contributed by atoms with Crippen LogP contribution in [-0.4, -0.2) is 38.5 Å². The number of alkyl halides is 3. The van der Waals surface area contributed by atoms with Gasteiger partial charge in [-0.15, -0.1) is 0 Å². The van der Waals surface area contributed by atoms with Crippen LogP contribution in [0.4, 0.5) is 13.2 Å². The summed E-state index contributed by atoms with van der Waals surface area (Å²) in [6, 6.07) is 1.75. The molecule has 24 heavy (non-hydrogen) atoms. The van der Waals surface area contributed by atoms with Crippen LogP contribution in [0.1, 0.15) is 40.5 Å². The number of amides is 1. The highest BCUT2D eigenvalue weighted by Gasteiger charge is 2.29. The second-order valence-electron chi connectivity index (χ2n) is 5.83. The molecule has 0 unspecified atom stereocenters. The lowest BCUT2D eigenvalue weighted by Gasteiger charge is -2.09. The molecule has 1 aliphatic carbocycles. The van der Waals surface area contributed by atoms with Crippen molar-refractivity contribution in [2.75, 3.05) is 12.3 Å². The van der Waals surface area contributed by atoms with Crippen molar-refractivity contribution in [1.82, 2.24) is 20.1 Å². The molecule has 2 aromatic heterocycles. The van der Waals surface area contributed by atoms with Crippen molar-refractivity contribution in [3.05, 3.63) is 23.0 Å². The van der Waals surface area contributed by atoms with Gasteiger partial charge in [0.25, 0.3) is 5.91 Å². The van der Waals surface area contributed by atoms with Gasteiger partial charge in [0.15, 0.2) is 5.65 Å². The summed E-state index contributed by atoms with van der Waals surface area (Å²) in [6.45, 7) is 1.74. The van der Waals surface area contributed by atoms with Crippen molar-refractivity contribution in [3.63, 3.8) is 0 Å². The van der Waals surface area contributed by atoms with Gasteiger partial charge >= 0.3 is 5.51 Å². The summed E-state index contributed by atoms with van der Waals surface area (Å²) in [7, 11) is 1.76. The Morgan fingerprint density at radius 1 is 1.46 bits per heavy atom. The van der Waals surface area contributed by atoms with E-state index in [0.29, 0.717) is 28.2 Å². The van der Waals surface area contributed by atoms with Crippen molar-refractivity contribution < 1.29 is 18.0 Å². The van der Waals surface area contributed by atoms with E-state index in [9.17, 15) is 18.0 Å². The molecule has 1 fully saturated rings. The summed E-state index contributed by atoms with van der Waals surface area (Å²) in [5, 5.41) is 7.52. The second kappa shape index (κ2) is 6.27. The fourth-order valence-electron chi connectivity index (χ4n) is 2.66. The molecule has 0 bridgehead atoms. The molecular weight excluding hydrogens is 341 g/mol. The zero-order valence-corrected chi connectivity index (χ0v) is 14.1. The van der Waals surface area contributed by atoms with Gasteiger partial charge in [0, 0.05) is 31.0 Å². The first-order valence-electron chi connectivity index (χ1n) is 7.59. The molecule has 5 nitrogen and oxygen atoms in total. The largest absolute Gasteiger partial charge is 0.441 e. The smallest absolute Gasteiger partial charge is 0.351 e. The third kappa shape index (κ3) is 3.66. The molecule has 0 aliphatic heterocycles. The Hall–Kier alpha value is -1.77. The monoisotopic (exact) mass is 358 g/mol. The molecule has 1 saturated carbocycles. The van der Waals surface area contributed by atoms with Gasteiger partial charge in [0.1, 0.15) is 0 Å². The molecule has 0 saturated heterocycles. The Bertz CT molecular complexity index is 783. The van der Waals surface area contributed by atoms with Crippen LogP contribution in [0.5, 0.6) is 0 Å². The number of carbonyl (C=O) groups excluding carboxylic acids is 1. The topological polar surface area (TPSA) is 59.8 Å². The number of thioether (sulfide) groups is 1. The Morgan fingerprint density at radius 3 is 2.79 bits per heavy atom. The molecule has 1 amide bonds. The van der Waals surface area contributed by atoms with Gasteiger partial charge < -0.3 is 5.32 Å². The Morgan fingerprint density at radius 2 is 2.17 bits per heavy atom. The van der Waals surface area contributed by atoms with Crippen LogP contribution in [0, 0.1) is 6.92 Å². The molecular formula is C15H17F3N4OS. The lowest BCUT2D eigenvalue weighted by molar-refractivity contribution is -0.0327. The van der Waals surface area contributed by atoms with Crippen LogP contribution < -0.4 is 5.32 Å². The zero-order chi connectivity index (χ0) is 17.5. The number of nitrogens with zero attached hydrogens (tertiary/aromatic N) is 3. The van der Waals surface area contributed by atoms with Gasteiger partial charge in [0.05, 0.1) is 16.6 Å². The molecule has 1 aliphatic rings. The number of rotatable bonds is 5. The number of halogens is 3. The maximum absolute atomic E-state index is 12.5. The van der Waals surface area contributed by atoms with Gasteiger partial charge in [-0.25, -0.2) is 4.98 Å². The van der Waals surface area contributed by atoms with E-state index in [-0.39, 0.29) is 30.0 Å². The first-order chi connectivity index (χ1) is 11.3. The van der Waals surface area contributed by atoms with Crippen LogP contribution in [0.25, 0.3) is 11.0 Å². The molecule has 0 atom stereocenters. The Balaban J connectivity index is 1.83. The number of fused-ring (bicyclic) bond motifs is 1. The minimum absolute atomic E-state index is 0.0507. The van der Waals surface area contributed by atoms with Crippen molar-refractivity contribution in [1.29, 1.82) is 0 Å². The third-order valence-corrected chi connectivity index (χ3v) is 4.62. The van der Waals surface area contributed by atoms with Gasteiger partial charge in [-0.3, -0.25) is 9.48 Å². The quantitative estimate of drug-likeness (QED) is 0.835. The molecule has 130 valence electrons. The van der Waals surface area contributed by atoms with E-state index < -0.39 is 5.51 Å². The van der Waals surface area contributed by atoms with E-state index in [1.54, 1.807) is 24.7 Å². The summed E-state index contributed by atoms with van der Waals surface area (Å²) < 4.78 is 38.1. The number of hydrogen-bond donors (Lipinski definition) is 1. The molecule has 2 heterocycles. The molecule has 1 N–H and O–H groups in total. The molecule has 0 radical (unpaired) electrons. The fraction of sp³-hybridized carbons (Fsp3) is 0.533. The van der Waals surface area contributed by atoms with E-state index in [4.69, 9.17) is 0 Å². The van der Waals surface area contributed by atoms with Crippen LogP contribution in [0.2, 0.25) is 0 Å². The lowest BCUT2D eigenvalue weighted by atomic mass is 10.1. The lowest BCUT2D eigenvalue weighted by Crippen LogP contribution is -2.27. The van der Waals surface area contributed by atoms with Crippen molar-refractivity contribution in [3.8, 4) is 0 Å². The third-order valence-electron chi connectivity index (χ3n) is 3.88. The number of carbonyl (C=O) groups is 1. The number of pyridine rings is 1. The van der Waals surface area contributed by atoms with E-state index in [0.717, 1.165) is 18.5 Å². The normalized spacial score (nSPS) is 15.0. The number of nitrogens with one attached hydrogen (secondary N) is 1. The number of aryl methyl sites for hydroxylation is 2. The summed E-state index contributed by atoms with van der Waals surface area (Å²) in [4.78, 5) is 17.1. The highest BCUT2D eigenvalue weighted by molar-refractivity contribution is 8.00. The molecule has 0 aromatic carbocycles. The molecule has 0 spiro atoms. The predicted octanol–water partition coefficient (Wildman–Crippen LogP) is 3.14. The van der Waals surface area contributed by atoms with Crippen LogP contribution in [0.15, 0.2) is 6.07 Å². The maximum atomic E-state index is 12.5. The number of hydrogen-bond acceptors (Lipinski definition) is 4. The van der Waals surface area contributed by atoms with Crippen LogP contribution in [0.3, 0.4) is 0 Å². The SMILES string of the molecule is Cc1nn(C)c2nc(C3CC3)cc(C(=O)NCCSC(F)(F)F)c12. The summed E-state index contributed by atoms with van der Waals surface area (Å²) >= 11 is -0.144. The first kappa shape index (κ1) is 17.1. The summed E-state index contributed by atoms with van der Waals surface area (Å²) in [6.07, 6.45) is 2.08. The number of aromatic nitrogens is 3. The Labute approximate surface area is 141 Å². The van der Waals surface area contributed by atoms with E-state index in [1.165, 1.54) is 0 Å². The summed E-state index contributed by atoms with van der Waals surface area (Å²) in [5.74, 6) is -0.245. The van der Waals surface area contributed by atoms with Crippen molar-refractivity contribution >= 4 is 28.7 Å². The Kier molecular flexibility index (Phi) is 4.46. The average Bonchev–Trinajstić information content (AvgIpc) is 3.29. The predicted molar refractivity (Wildman–Crippen MR) is 86.1 cm³/mol. The minimum atomic E-state index is -4.28. The first-order valence-corrected chi connectivity index (χ1v) is 8.58. The second-order valence-corrected chi connectivity index (χ2v) is 6.99. The standard InChI is InChI=1S/C15H17F3N4OS/c1-8-12-10(14(23)19-5-6-24-15(16,17)18)7-11(9-3-4-9)20-13(12)22(2)21-8/h7,9H,3-6H2,1-2H3,(H,19,23). The highest BCUT2D eigenvalue weighted by Crippen LogP contribution is 2.40. The molecule has 3 rings (SSSR count). The van der Waals surface area contributed by atoms with Crippen LogP contribution in [-0.2, 0) is 7.05 Å². The van der Waals surface area contributed by atoms with E-state index in [2.05, 4.69) is 15.4 Å². The van der Waals surface area contributed by atoms with Gasteiger partial charge in [-0.2, -0.15) is 18.3 Å². The minimum Gasteiger partial charge on any atom is -0.351 e. The van der Waals surface area contributed by atoms with Gasteiger partial charge in [-0.1, -0.05) is 0 Å². The maximum Gasteiger partial charge on any atom is 0.441 e. The van der Waals surface area contributed by atoms with Crippen LogP contribution >= 0.6 is 11.8 Å². The molecule has 9 heteroatoms. The zero-order valence-electron chi connectivity index (χ0n) is 13.3. The van der Waals surface area contributed by atoms with Gasteiger partial charge in [-0.05, 0) is 37.6 Å². The van der Waals surface area contributed by atoms with E-state index in [1.807, 2.05) is 0 Å².